The third kappa shape index (κ3) is 5.76. The molecule has 0 spiro atoms. The van der Waals surface area contributed by atoms with Crippen molar-refractivity contribution in [2.45, 2.75) is 58.3 Å². The zero-order valence-electron chi connectivity index (χ0n) is 18.3. The number of nitrogens with zero attached hydrogens (tertiary/aromatic N) is 1. The van der Waals surface area contributed by atoms with E-state index in [0.717, 1.165) is 12.8 Å². The third-order valence-electron chi connectivity index (χ3n) is 5.32. The van der Waals surface area contributed by atoms with E-state index < -0.39 is 23.9 Å². The molecule has 2 amide bonds. The van der Waals surface area contributed by atoms with Crippen LogP contribution >= 0.6 is 11.6 Å². The van der Waals surface area contributed by atoms with Gasteiger partial charge in [-0.2, -0.15) is 0 Å². The first-order chi connectivity index (χ1) is 14.6. The first-order valence-corrected chi connectivity index (χ1v) is 10.7. The number of benzene rings is 1. The fourth-order valence-corrected chi connectivity index (χ4v) is 3.91. The summed E-state index contributed by atoms with van der Waals surface area (Å²) in [5.74, 6) is -1.43. The predicted molar refractivity (Wildman–Crippen MR) is 114 cm³/mol. The van der Waals surface area contributed by atoms with Crippen LogP contribution in [0.25, 0.3) is 0 Å². The van der Waals surface area contributed by atoms with Crippen molar-refractivity contribution in [2.75, 3.05) is 13.6 Å². The number of hydrogen-bond donors (Lipinski definition) is 1. The molecule has 31 heavy (non-hydrogen) atoms. The van der Waals surface area contributed by atoms with Gasteiger partial charge in [-0.3, -0.25) is 19.3 Å². The molecular formula is C22H29ClN2O6. The first kappa shape index (κ1) is 24.7. The van der Waals surface area contributed by atoms with Gasteiger partial charge < -0.3 is 14.8 Å². The smallest absolute Gasteiger partial charge is 0.413 e. The number of ketones is 1. The van der Waals surface area contributed by atoms with Crippen molar-refractivity contribution >= 4 is 35.4 Å². The topological polar surface area (TPSA) is 102 Å². The second kappa shape index (κ2) is 10.6. The Kier molecular flexibility index (Phi) is 8.44. The lowest BCUT2D eigenvalue weighted by atomic mass is 9.74. The van der Waals surface area contributed by atoms with Gasteiger partial charge in [0.25, 0.3) is 0 Å². The number of nitrogens with one attached hydrogen (secondary N) is 1. The minimum absolute atomic E-state index is 0.118. The molecule has 1 aromatic carbocycles. The fraction of sp³-hybridized carbons (Fsp3) is 0.545. The van der Waals surface area contributed by atoms with Gasteiger partial charge in [0.2, 0.25) is 12.2 Å². The lowest BCUT2D eigenvalue weighted by Gasteiger charge is -2.43. The van der Waals surface area contributed by atoms with Crippen LogP contribution in [-0.2, 0) is 29.4 Å². The predicted octanol–water partition coefficient (Wildman–Crippen LogP) is 3.41. The summed E-state index contributed by atoms with van der Waals surface area (Å²) in [7, 11) is 1.48. The van der Waals surface area contributed by atoms with Crippen LogP contribution in [0.15, 0.2) is 24.3 Å². The quantitative estimate of drug-likeness (QED) is 0.502. The highest BCUT2D eigenvalue weighted by Crippen LogP contribution is 2.42. The van der Waals surface area contributed by atoms with Crippen LogP contribution in [0.1, 0.15) is 52.0 Å². The standard InChI is InChI=1S/C22H29ClN2O6/c1-14(2)20(28)24-13-19(27)30-15(3)31-21(29)25(4)22(12-8-7-11-18(22)26)16-9-5-6-10-17(16)23/h5-6,9-10,14-15H,7-8,11-13H2,1-4H3,(H,24,28)/t15?,22-/m0/s1. The SMILES string of the molecule is CC(OC(=O)CNC(=O)C(C)C)OC(=O)N(C)[C@]1(c2ccccc2Cl)CCCCC1=O. The van der Waals surface area contributed by atoms with Crippen molar-refractivity contribution in [1.82, 2.24) is 10.2 Å². The number of rotatable bonds is 7. The number of carbonyl (C=O) groups excluding carboxylic acids is 4. The molecule has 1 aromatic rings. The molecule has 170 valence electrons. The van der Waals surface area contributed by atoms with Crippen LogP contribution < -0.4 is 5.32 Å². The van der Waals surface area contributed by atoms with Crippen molar-refractivity contribution in [1.29, 1.82) is 0 Å². The summed E-state index contributed by atoms with van der Waals surface area (Å²) < 4.78 is 10.3. The summed E-state index contributed by atoms with van der Waals surface area (Å²) >= 11 is 6.38. The molecule has 1 aliphatic rings. The summed E-state index contributed by atoms with van der Waals surface area (Å²) in [5.41, 5.74) is -0.704. The van der Waals surface area contributed by atoms with Gasteiger partial charge in [0.05, 0.1) is 0 Å². The molecule has 2 rings (SSSR count). The lowest BCUT2D eigenvalue weighted by Crippen LogP contribution is -2.55. The molecule has 1 aliphatic carbocycles. The average molecular weight is 453 g/mol. The van der Waals surface area contributed by atoms with Gasteiger partial charge in [-0.25, -0.2) is 4.79 Å². The molecule has 0 bridgehead atoms. The first-order valence-electron chi connectivity index (χ1n) is 10.3. The highest BCUT2D eigenvalue weighted by Gasteiger charge is 2.48. The molecule has 8 nitrogen and oxygen atoms in total. The van der Waals surface area contributed by atoms with E-state index in [9.17, 15) is 19.2 Å². The Bertz CT molecular complexity index is 843. The molecule has 1 fully saturated rings. The molecule has 0 aromatic heterocycles. The molecule has 1 saturated carbocycles. The molecule has 0 aliphatic heterocycles. The summed E-state index contributed by atoms with van der Waals surface area (Å²) in [6, 6.07) is 6.93. The van der Waals surface area contributed by atoms with E-state index in [0.29, 0.717) is 23.4 Å². The van der Waals surface area contributed by atoms with E-state index in [1.165, 1.54) is 18.9 Å². The number of carbonyl (C=O) groups is 4. The molecule has 2 atom stereocenters. The van der Waals surface area contributed by atoms with E-state index in [2.05, 4.69) is 5.32 Å². The summed E-state index contributed by atoms with van der Waals surface area (Å²) in [6.45, 7) is 4.44. The molecular weight excluding hydrogens is 424 g/mol. The number of hydrogen-bond acceptors (Lipinski definition) is 6. The van der Waals surface area contributed by atoms with Gasteiger partial charge in [-0.15, -0.1) is 0 Å². The Labute approximate surface area is 187 Å². The number of likely N-dealkylation sites (N-methyl/N-ethyl adjacent to an activating group) is 1. The third-order valence-corrected chi connectivity index (χ3v) is 5.64. The Morgan fingerprint density at radius 3 is 2.45 bits per heavy atom. The fourth-order valence-electron chi connectivity index (χ4n) is 3.62. The van der Waals surface area contributed by atoms with Crippen molar-refractivity contribution in [3.8, 4) is 0 Å². The van der Waals surface area contributed by atoms with Crippen molar-refractivity contribution in [3.05, 3.63) is 34.9 Å². The zero-order chi connectivity index (χ0) is 23.2. The average Bonchev–Trinajstić information content (AvgIpc) is 2.72. The minimum atomic E-state index is -1.25. The molecule has 0 heterocycles. The monoisotopic (exact) mass is 452 g/mol. The maximum Gasteiger partial charge on any atom is 0.413 e. The van der Waals surface area contributed by atoms with E-state index in [1.807, 2.05) is 0 Å². The molecule has 0 radical (unpaired) electrons. The maximum absolute atomic E-state index is 13.0. The van der Waals surface area contributed by atoms with Gasteiger partial charge in [0, 0.05) is 36.9 Å². The largest absolute Gasteiger partial charge is 0.424 e. The van der Waals surface area contributed by atoms with E-state index in [1.54, 1.807) is 38.1 Å². The van der Waals surface area contributed by atoms with Crippen molar-refractivity contribution in [3.63, 3.8) is 0 Å². The normalized spacial score (nSPS) is 19.5. The van der Waals surface area contributed by atoms with Gasteiger partial charge >= 0.3 is 12.1 Å². The Balaban J connectivity index is 2.10. The number of amides is 2. The molecule has 0 saturated heterocycles. The van der Waals surface area contributed by atoms with Gasteiger partial charge in [0.15, 0.2) is 5.78 Å². The van der Waals surface area contributed by atoms with Crippen LogP contribution in [0, 0.1) is 5.92 Å². The second-order valence-electron chi connectivity index (χ2n) is 7.84. The van der Waals surface area contributed by atoms with E-state index in [-0.39, 0.29) is 24.2 Å². The summed E-state index contributed by atoms with van der Waals surface area (Å²) in [6.07, 6.45) is 0.195. The number of esters is 1. The van der Waals surface area contributed by atoms with Crippen LogP contribution in [0.5, 0.6) is 0 Å². The molecule has 1 N–H and O–H groups in total. The van der Waals surface area contributed by atoms with Crippen LogP contribution in [0.4, 0.5) is 4.79 Å². The summed E-state index contributed by atoms with van der Waals surface area (Å²) in [5, 5.41) is 2.82. The van der Waals surface area contributed by atoms with Crippen molar-refractivity contribution in [2.24, 2.45) is 5.92 Å². The molecule has 1 unspecified atom stereocenters. The summed E-state index contributed by atoms with van der Waals surface area (Å²) in [4.78, 5) is 50.6. The Morgan fingerprint density at radius 2 is 1.84 bits per heavy atom. The van der Waals surface area contributed by atoms with E-state index >= 15 is 0 Å². The zero-order valence-corrected chi connectivity index (χ0v) is 19.0. The van der Waals surface area contributed by atoms with Gasteiger partial charge in [0.1, 0.15) is 12.1 Å². The lowest BCUT2D eigenvalue weighted by molar-refractivity contribution is -0.167. The second-order valence-corrected chi connectivity index (χ2v) is 8.25. The van der Waals surface area contributed by atoms with Crippen LogP contribution in [-0.4, -0.2) is 48.5 Å². The van der Waals surface area contributed by atoms with Gasteiger partial charge in [-0.1, -0.05) is 43.6 Å². The number of halogens is 1. The number of Topliss-reactive ketones (excluding diaryl/α,β-unsaturated/α-hetero) is 1. The van der Waals surface area contributed by atoms with Gasteiger partial charge in [-0.05, 0) is 25.3 Å². The Hall–Kier alpha value is -2.61. The highest BCUT2D eigenvalue weighted by molar-refractivity contribution is 6.31. The van der Waals surface area contributed by atoms with Crippen molar-refractivity contribution < 1.29 is 28.7 Å². The van der Waals surface area contributed by atoms with Crippen LogP contribution in [0.2, 0.25) is 5.02 Å². The highest BCUT2D eigenvalue weighted by atomic mass is 35.5. The minimum Gasteiger partial charge on any atom is -0.424 e. The van der Waals surface area contributed by atoms with E-state index in [4.69, 9.17) is 21.1 Å². The maximum atomic E-state index is 13.0. The Morgan fingerprint density at radius 1 is 1.16 bits per heavy atom. The number of ether oxygens (including phenoxy) is 2. The van der Waals surface area contributed by atoms with Crippen LogP contribution in [0.3, 0.4) is 0 Å². The molecule has 9 heteroatoms.